The average Bonchev–Trinajstić information content (AvgIpc) is 2.70. The molecule has 0 saturated carbocycles. The third-order valence-electron chi connectivity index (χ3n) is 2.74. The Morgan fingerprint density at radius 2 is 2.33 bits per heavy atom. The van der Waals surface area contributed by atoms with Crippen LogP contribution in [-0.2, 0) is 0 Å². The average molecular weight is 246 g/mol. The van der Waals surface area contributed by atoms with Crippen LogP contribution in [0.3, 0.4) is 0 Å². The van der Waals surface area contributed by atoms with Crippen molar-refractivity contribution in [3.05, 3.63) is 28.0 Å². The lowest BCUT2D eigenvalue weighted by Gasteiger charge is -2.23. The third kappa shape index (κ3) is 2.26. The number of nitrogens with zero attached hydrogens (tertiary/aromatic N) is 2. The molecule has 0 aromatic carbocycles. The van der Waals surface area contributed by atoms with Gasteiger partial charge < -0.3 is 0 Å². The van der Waals surface area contributed by atoms with Crippen LogP contribution in [0.1, 0.15) is 24.4 Å². The SMILES string of the molecule is CNN1CCCC1c1cnc(Cl)c(Cl)c1. The zero-order valence-corrected chi connectivity index (χ0v) is 10.0. The third-order valence-corrected chi connectivity index (χ3v) is 3.43. The first-order valence-electron chi connectivity index (χ1n) is 4.97. The van der Waals surface area contributed by atoms with Crippen molar-refractivity contribution in [1.29, 1.82) is 0 Å². The monoisotopic (exact) mass is 245 g/mol. The van der Waals surface area contributed by atoms with Gasteiger partial charge in [0.15, 0.2) is 0 Å². The molecule has 2 heterocycles. The molecule has 1 aliphatic rings. The summed E-state index contributed by atoms with van der Waals surface area (Å²) in [5.41, 5.74) is 4.30. The molecule has 1 N–H and O–H groups in total. The summed E-state index contributed by atoms with van der Waals surface area (Å²) in [5.74, 6) is 0. The van der Waals surface area contributed by atoms with Gasteiger partial charge in [-0.15, -0.1) is 0 Å². The van der Waals surface area contributed by atoms with Gasteiger partial charge in [0.25, 0.3) is 0 Å². The Balaban J connectivity index is 2.25. The van der Waals surface area contributed by atoms with Gasteiger partial charge in [0.2, 0.25) is 0 Å². The summed E-state index contributed by atoms with van der Waals surface area (Å²) >= 11 is 11.7. The summed E-state index contributed by atoms with van der Waals surface area (Å²) in [4.78, 5) is 4.07. The van der Waals surface area contributed by atoms with Crippen molar-refractivity contribution >= 4 is 23.2 Å². The largest absolute Gasteiger partial charge is 0.258 e. The molecule has 0 aliphatic carbocycles. The second kappa shape index (κ2) is 4.66. The number of rotatable bonds is 2. The van der Waals surface area contributed by atoms with Crippen molar-refractivity contribution in [3.8, 4) is 0 Å². The maximum absolute atomic E-state index is 5.95. The second-order valence-electron chi connectivity index (χ2n) is 3.62. The van der Waals surface area contributed by atoms with Crippen molar-refractivity contribution in [2.75, 3.05) is 13.6 Å². The van der Waals surface area contributed by atoms with E-state index in [1.807, 2.05) is 13.1 Å². The van der Waals surface area contributed by atoms with Crippen molar-refractivity contribution in [1.82, 2.24) is 15.4 Å². The van der Waals surface area contributed by atoms with Crippen molar-refractivity contribution < 1.29 is 0 Å². The zero-order chi connectivity index (χ0) is 10.8. The fraction of sp³-hybridized carbons (Fsp3) is 0.500. The van der Waals surface area contributed by atoms with E-state index >= 15 is 0 Å². The quantitative estimate of drug-likeness (QED) is 0.813. The lowest BCUT2D eigenvalue weighted by Crippen LogP contribution is -2.34. The molecule has 0 radical (unpaired) electrons. The van der Waals surface area contributed by atoms with E-state index < -0.39 is 0 Å². The molecule has 0 spiro atoms. The van der Waals surface area contributed by atoms with Crippen LogP contribution in [0.25, 0.3) is 0 Å². The predicted molar refractivity (Wildman–Crippen MR) is 62.0 cm³/mol. The fourth-order valence-corrected chi connectivity index (χ4v) is 2.28. The Bertz CT molecular complexity index is 357. The van der Waals surface area contributed by atoms with E-state index in [1.54, 1.807) is 6.20 Å². The first kappa shape index (κ1) is 11.1. The number of pyridine rings is 1. The summed E-state index contributed by atoms with van der Waals surface area (Å²) in [6.45, 7) is 1.06. The first-order chi connectivity index (χ1) is 7.22. The molecule has 1 fully saturated rings. The molecule has 1 unspecified atom stereocenters. The van der Waals surface area contributed by atoms with E-state index in [-0.39, 0.29) is 0 Å². The molecular formula is C10H13Cl2N3. The molecule has 0 bridgehead atoms. The number of nitrogens with one attached hydrogen (secondary N) is 1. The van der Waals surface area contributed by atoms with Gasteiger partial charge in [-0.25, -0.2) is 9.99 Å². The highest BCUT2D eigenvalue weighted by atomic mass is 35.5. The fourth-order valence-electron chi connectivity index (χ4n) is 2.00. The summed E-state index contributed by atoms with van der Waals surface area (Å²) in [7, 11) is 1.93. The minimum Gasteiger partial charge on any atom is -0.258 e. The van der Waals surface area contributed by atoms with Gasteiger partial charge in [0.05, 0.1) is 11.1 Å². The van der Waals surface area contributed by atoms with Crippen LogP contribution in [0, 0.1) is 0 Å². The molecule has 1 atom stereocenters. The smallest absolute Gasteiger partial charge is 0.147 e. The highest BCUT2D eigenvalue weighted by Crippen LogP contribution is 2.32. The van der Waals surface area contributed by atoms with E-state index in [1.165, 1.54) is 6.42 Å². The van der Waals surface area contributed by atoms with E-state index in [0.717, 1.165) is 18.5 Å². The van der Waals surface area contributed by atoms with E-state index in [0.29, 0.717) is 16.2 Å². The number of hydrazine groups is 1. The van der Waals surface area contributed by atoms with Gasteiger partial charge in [-0.2, -0.15) is 0 Å². The first-order valence-corrected chi connectivity index (χ1v) is 5.73. The van der Waals surface area contributed by atoms with Gasteiger partial charge in [-0.05, 0) is 31.5 Å². The van der Waals surface area contributed by atoms with Crippen LogP contribution >= 0.6 is 23.2 Å². The molecule has 1 saturated heterocycles. The van der Waals surface area contributed by atoms with Crippen LogP contribution in [0.5, 0.6) is 0 Å². The van der Waals surface area contributed by atoms with E-state index in [9.17, 15) is 0 Å². The topological polar surface area (TPSA) is 28.2 Å². The van der Waals surface area contributed by atoms with Crippen molar-refractivity contribution in [3.63, 3.8) is 0 Å². The normalized spacial score (nSPS) is 22.2. The number of aromatic nitrogens is 1. The molecule has 3 nitrogen and oxygen atoms in total. The van der Waals surface area contributed by atoms with E-state index in [4.69, 9.17) is 23.2 Å². The molecule has 1 aromatic rings. The Kier molecular flexibility index (Phi) is 3.46. The van der Waals surface area contributed by atoms with Gasteiger partial charge >= 0.3 is 0 Å². The van der Waals surface area contributed by atoms with Crippen LogP contribution in [0.4, 0.5) is 0 Å². The Labute approximate surface area is 99.4 Å². The highest BCUT2D eigenvalue weighted by molar-refractivity contribution is 6.41. The minimum atomic E-state index is 0.359. The van der Waals surface area contributed by atoms with Gasteiger partial charge in [-0.1, -0.05) is 23.2 Å². The Morgan fingerprint density at radius 1 is 1.53 bits per heavy atom. The maximum atomic E-state index is 5.95. The lowest BCUT2D eigenvalue weighted by atomic mass is 10.1. The standard InChI is InChI=1S/C10H13Cl2N3/c1-13-15-4-2-3-9(15)7-5-8(11)10(12)14-6-7/h5-6,9,13H,2-4H2,1H3. The van der Waals surface area contributed by atoms with Crippen LogP contribution < -0.4 is 5.43 Å². The predicted octanol–water partition coefficient (Wildman–Crippen LogP) is 2.66. The summed E-state index contributed by atoms with van der Waals surface area (Å²) in [6.07, 6.45) is 4.11. The van der Waals surface area contributed by atoms with Crippen LogP contribution in [0.2, 0.25) is 10.2 Å². The minimum absolute atomic E-state index is 0.359. The number of hydrogen-bond donors (Lipinski definition) is 1. The molecule has 2 rings (SSSR count). The number of hydrogen-bond acceptors (Lipinski definition) is 3. The zero-order valence-electron chi connectivity index (χ0n) is 8.50. The molecule has 1 aromatic heterocycles. The molecule has 15 heavy (non-hydrogen) atoms. The molecule has 1 aliphatic heterocycles. The molecule has 82 valence electrons. The van der Waals surface area contributed by atoms with Gasteiger partial charge in [0, 0.05) is 12.7 Å². The van der Waals surface area contributed by atoms with Crippen molar-refractivity contribution in [2.24, 2.45) is 0 Å². The summed E-state index contributed by atoms with van der Waals surface area (Å²) in [5, 5.41) is 3.09. The highest BCUT2D eigenvalue weighted by Gasteiger charge is 2.25. The summed E-state index contributed by atoms with van der Waals surface area (Å²) in [6, 6.07) is 2.26. The van der Waals surface area contributed by atoms with Gasteiger partial charge in [0.1, 0.15) is 5.15 Å². The molecular weight excluding hydrogens is 233 g/mol. The van der Waals surface area contributed by atoms with Crippen LogP contribution in [-0.4, -0.2) is 23.6 Å². The maximum Gasteiger partial charge on any atom is 0.147 e. The lowest BCUT2D eigenvalue weighted by molar-refractivity contribution is 0.190. The Hall–Kier alpha value is -0.350. The molecule has 5 heteroatoms. The second-order valence-corrected chi connectivity index (χ2v) is 4.38. The number of halogens is 2. The molecule has 0 amide bonds. The van der Waals surface area contributed by atoms with Gasteiger partial charge in [-0.3, -0.25) is 5.43 Å². The Morgan fingerprint density at radius 3 is 3.00 bits per heavy atom. The van der Waals surface area contributed by atoms with Crippen LogP contribution in [0.15, 0.2) is 12.3 Å². The van der Waals surface area contributed by atoms with Crippen molar-refractivity contribution in [2.45, 2.75) is 18.9 Å². The summed E-state index contributed by atoms with van der Waals surface area (Å²) < 4.78 is 0. The van der Waals surface area contributed by atoms with E-state index in [2.05, 4.69) is 15.4 Å².